The summed E-state index contributed by atoms with van der Waals surface area (Å²) < 4.78 is 43.5. The van der Waals surface area contributed by atoms with E-state index in [4.69, 9.17) is 0 Å². The molecule has 1 aromatic rings. The van der Waals surface area contributed by atoms with Crippen molar-refractivity contribution in [2.75, 3.05) is 26.0 Å². The van der Waals surface area contributed by atoms with Crippen LogP contribution in [0.2, 0.25) is 0 Å². The maximum absolute atomic E-state index is 13.0. The zero-order valence-electron chi connectivity index (χ0n) is 12.4. The number of methoxy groups -OCH3 is 1. The SMILES string of the molecule is COC(=O)CS[C@@H]1CCN(C(=O)c2ccccc2C(F)(F)F)C1. The molecule has 8 heteroatoms. The van der Waals surface area contributed by atoms with Crippen LogP contribution in [0.5, 0.6) is 0 Å². The van der Waals surface area contributed by atoms with Crippen LogP contribution in [-0.4, -0.2) is 48.0 Å². The molecule has 0 aliphatic carbocycles. The summed E-state index contributed by atoms with van der Waals surface area (Å²) in [6.45, 7) is 0.705. The summed E-state index contributed by atoms with van der Waals surface area (Å²) in [5, 5.41) is 0.0242. The Bertz CT molecular complexity index is 592. The number of amides is 1. The molecule has 1 aromatic carbocycles. The molecule has 126 valence electrons. The zero-order chi connectivity index (χ0) is 17.0. The van der Waals surface area contributed by atoms with E-state index < -0.39 is 17.6 Å². The fourth-order valence-corrected chi connectivity index (χ4v) is 3.43. The van der Waals surface area contributed by atoms with Crippen LogP contribution in [0, 0.1) is 0 Å². The molecule has 1 aliphatic rings. The molecule has 23 heavy (non-hydrogen) atoms. The number of halogens is 3. The van der Waals surface area contributed by atoms with E-state index in [2.05, 4.69) is 4.74 Å². The molecule has 0 saturated carbocycles. The van der Waals surface area contributed by atoms with Gasteiger partial charge >= 0.3 is 12.1 Å². The van der Waals surface area contributed by atoms with Crippen molar-refractivity contribution in [1.29, 1.82) is 0 Å². The number of carbonyl (C=O) groups excluding carboxylic acids is 2. The molecule has 1 fully saturated rings. The van der Waals surface area contributed by atoms with Gasteiger partial charge in [-0.3, -0.25) is 9.59 Å². The summed E-state index contributed by atoms with van der Waals surface area (Å²) in [6, 6.07) is 4.79. The predicted octanol–water partition coefficient (Wildman–Crippen LogP) is 2.83. The van der Waals surface area contributed by atoms with Gasteiger partial charge in [-0.05, 0) is 18.6 Å². The fourth-order valence-electron chi connectivity index (χ4n) is 2.38. The van der Waals surface area contributed by atoms with Crippen LogP contribution in [0.15, 0.2) is 24.3 Å². The summed E-state index contributed by atoms with van der Waals surface area (Å²) >= 11 is 1.35. The fraction of sp³-hybridized carbons (Fsp3) is 0.467. The summed E-state index contributed by atoms with van der Waals surface area (Å²) in [7, 11) is 1.29. The zero-order valence-corrected chi connectivity index (χ0v) is 13.2. The van der Waals surface area contributed by atoms with Gasteiger partial charge in [0.1, 0.15) is 0 Å². The second-order valence-electron chi connectivity index (χ2n) is 5.09. The van der Waals surface area contributed by atoms with Crippen LogP contribution in [0.3, 0.4) is 0 Å². The van der Waals surface area contributed by atoms with Crippen molar-refractivity contribution >= 4 is 23.6 Å². The lowest BCUT2D eigenvalue weighted by atomic mass is 10.1. The molecule has 0 N–H and O–H groups in total. The van der Waals surface area contributed by atoms with Gasteiger partial charge in [0.25, 0.3) is 5.91 Å². The topological polar surface area (TPSA) is 46.6 Å². The van der Waals surface area contributed by atoms with Gasteiger partial charge < -0.3 is 9.64 Å². The number of hydrogen-bond acceptors (Lipinski definition) is 4. The molecule has 0 spiro atoms. The number of rotatable bonds is 4. The van der Waals surface area contributed by atoms with Crippen molar-refractivity contribution in [1.82, 2.24) is 4.90 Å². The lowest BCUT2D eigenvalue weighted by Crippen LogP contribution is -2.31. The molecule has 0 aromatic heterocycles. The van der Waals surface area contributed by atoms with Gasteiger partial charge in [-0.1, -0.05) is 12.1 Å². The first kappa shape index (κ1) is 17.7. The summed E-state index contributed by atoms with van der Waals surface area (Å²) in [5.74, 6) is -0.816. The smallest absolute Gasteiger partial charge is 0.417 e. The lowest BCUT2D eigenvalue weighted by Gasteiger charge is -2.19. The summed E-state index contributed by atoms with van der Waals surface area (Å²) in [5.41, 5.74) is -1.26. The monoisotopic (exact) mass is 347 g/mol. The van der Waals surface area contributed by atoms with Gasteiger partial charge in [0, 0.05) is 18.3 Å². The number of hydrogen-bond donors (Lipinski definition) is 0. The second-order valence-corrected chi connectivity index (χ2v) is 6.38. The molecule has 4 nitrogen and oxygen atoms in total. The Morgan fingerprint density at radius 1 is 1.35 bits per heavy atom. The molecular formula is C15H16F3NO3S. The summed E-state index contributed by atoms with van der Waals surface area (Å²) in [6.07, 6.45) is -3.92. The molecule has 1 saturated heterocycles. The van der Waals surface area contributed by atoms with Crippen molar-refractivity contribution in [3.8, 4) is 0 Å². The highest BCUT2D eigenvalue weighted by molar-refractivity contribution is 8.00. The average Bonchev–Trinajstić information content (AvgIpc) is 3.00. The normalized spacial score (nSPS) is 18.1. The number of esters is 1. The minimum atomic E-state index is -4.56. The van der Waals surface area contributed by atoms with Crippen LogP contribution in [-0.2, 0) is 15.7 Å². The van der Waals surface area contributed by atoms with Crippen molar-refractivity contribution in [2.24, 2.45) is 0 Å². The largest absolute Gasteiger partial charge is 0.468 e. The Kier molecular flexibility index (Phi) is 5.56. The molecule has 1 atom stereocenters. The molecular weight excluding hydrogens is 331 g/mol. The highest BCUT2D eigenvalue weighted by Crippen LogP contribution is 2.33. The van der Waals surface area contributed by atoms with Crippen LogP contribution in [0.1, 0.15) is 22.3 Å². The maximum atomic E-state index is 13.0. The van der Waals surface area contributed by atoms with Gasteiger partial charge in [0.15, 0.2) is 0 Å². The highest BCUT2D eigenvalue weighted by Gasteiger charge is 2.37. The molecule has 0 bridgehead atoms. The standard InChI is InChI=1S/C15H16F3NO3S/c1-22-13(20)9-23-10-6-7-19(8-10)14(21)11-4-2-3-5-12(11)15(16,17)18/h2-5,10H,6-9H2,1H3/t10-/m1/s1. The van der Waals surface area contributed by atoms with E-state index in [1.165, 1.54) is 42.0 Å². The van der Waals surface area contributed by atoms with E-state index in [9.17, 15) is 22.8 Å². The molecule has 1 heterocycles. The van der Waals surface area contributed by atoms with E-state index in [1.807, 2.05) is 0 Å². The number of carbonyl (C=O) groups is 2. The highest BCUT2D eigenvalue weighted by atomic mass is 32.2. The number of nitrogens with zero attached hydrogens (tertiary/aromatic N) is 1. The van der Waals surface area contributed by atoms with Crippen molar-refractivity contribution in [3.63, 3.8) is 0 Å². The van der Waals surface area contributed by atoms with Gasteiger partial charge in [-0.25, -0.2) is 0 Å². The summed E-state index contributed by atoms with van der Waals surface area (Å²) in [4.78, 5) is 24.9. The van der Waals surface area contributed by atoms with E-state index >= 15 is 0 Å². The van der Waals surface area contributed by atoms with Crippen LogP contribution in [0.25, 0.3) is 0 Å². The molecule has 1 amide bonds. The lowest BCUT2D eigenvalue weighted by molar-refractivity contribution is -0.138. The molecule has 2 rings (SSSR count). The first-order valence-corrected chi connectivity index (χ1v) is 8.01. The van der Waals surface area contributed by atoms with E-state index in [1.54, 1.807) is 0 Å². The van der Waals surface area contributed by atoms with E-state index in [0.717, 1.165) is 6.07 Å². The van der Waals surface area contributed by atoms with Crippen LogP contribution < -0.4 is 0 Å². The number of thioether (sulfide) groups is 1. The van der Waals surface area contributed by atoms with Gasteiger partial charge in [0.2, 0.25) is 0 Å². The minimum Gasteiger partial charge on any atom is -0.468 e. The Labute approximate surface area is 136 Å². The maximum Gasteiger partial charge on any atom is 0.417 e. The van der Waals surface area contributed by atoms with E-state index in [0.29, 0.717) is 19.5 Å². The van der Waals surface area contributed by atoms with Crippen molar-refractivity contribution in [2.45, 2.75) is 17.8 Å². The quantitative estimate of drug-likeness (QED) is 0.786. The molecule has 0 unspecified atom stereocenters. The Morgan fingerprint density at radius 2 is 2.04 bits per heavy atom. The van der Waals surface area contributed by atoms with E-state index in [-0.39, 0.29) is 22.5 Å². The molecule has 1 aliphatic heterocycles. The van der Waals surface area contributed by atoms with Crippen LogP contribution in [0.4, 0.5) is 13.2 Å². The number of likely N-dealkylation sites (tertiary alicyclic amines) is 1. The first-order valence-electron chi connectivity index (χ1n) is 6.97. The third kappa shape index (κ3) is 4.40. The minimum absolute atomic E-state index is 0.0242. The van der Waals surface area contributed by atoms with Gasteiger partial charge in [-0.15, -0.1) is 11.8 Å². The number of alkyl halides is 3. The third-order valence-corrected chi connectivity index (χ3v) is 4.82. The Hall–Kier alpha value is -1.70. The second kappa shape index (κ2) is 7.25. The average molecular weight is 347 g/mol. The third-order valence-electron chi connectivity index (χ3n) is 3.56. The Morgan fingerprint density at radius 3 is 2.70 bits per heavy atom. The number of benzene rings is 1. The van der Waals surface area contributed by atoms with Crippen LogP contribution >= 0.6 is 11.8 Å². The Balaban J connectivity index is 2.04. The van der Waals surface area contributed by atoms with Gasteiger partial charge in [-0.2, -0.15) is 13.2 Å². The number of ether oxygens (including phenoxy) is 1. The first-order chi connectivity index (χ1) is 10.8. The molecule has 0 radical (unpaired) electrons. The van der Waals surface area contributed by atoms with Gasteiger partial charge in [0.05, 0.1) is 24.0 Å². The van der Waals surface area contributed by atoms with Crippen molar-refractivity contribution in [3.05, 3.63) is 35.4 Å². The predicted molar refractivity (Wildman–Crippen MR) is 80.2 cm³/mol. The van der Waals surface area contributed by atoms with Crippen molar-refractivity contribution < 1.29 is 27.5 Å².